The average Bonchev–Trinajstić information content (AvgIpc) is 2.67. The van der Waals surface area contributed by atoms with Crippen molar-refractivity contribution in [3.63, 3.8) is 0 Å². The third kappa shape index (κ3) is 2.29. The van der Waals surface area contributed by atoms with Crippen LogP contribution in [-0.2, 0) is 14.4 Å². The molecule has 10 nitrogen and oxygen atoms in total. The molecule has 1 amide bonds. The number of rotatable bonds is 1. The summed E-state index contributed by atoms with van der Waals surface area (Å²) in [6.07, 6.45) is -1.69. The maximum absolute atomic E-state index is 13.5. The Kier molecular flexibility index (Phi) is 4.18. The van der Waals surface area contributed by atoms with E-state index >= 15 is 0 Å². The zero-order valence-electron chi connectivity index (χ0n) is 16.7. The number of hydrogen-bond acceptors (Lipinski definition) is 9. The highest BCUT2D eigenvalue weighted by molar-refractivity contribution is 6.33. The maximum atomic E-state index is 13.5. The summed E-state index contributed by atoms with van der Waals surface area (Å²) in [5.41, 5.74) is 5.05. The third-order valence-corrected chi connectivity index (χ3v) is 6.89. The van der Waals surface area contributed by atoms with Gasteiger partial charge in [0, 0.05) is 11.5 Å². The number of aliphatic hydroxyl groups excluding tert-OH is 3. The molecule has 1 aromatic carbocycles. The predicted octanol–water partition coefficient (Wildman–Crippen LogP) is -0.717. The van der Waals surface area contributed by atoms with Gasteiger partial charge in [0.2, 0.25) is 11.6 Å². The first-order chi connectivity index (χ1) is 14.3. The van der Waals surface area contributed by atoms with E-state index in [1.165, 1.54) is 12.1 Å². The minimum atomic E-state index is -3.07. The Morgan fingerprint density at radius 1 is 1.13 bits per heavy atom. The lowest BCUT2D eigenvalue weighted by atomic mass is 9.51. The van der Waals surface area contributed by atoms with Crippen molar-refractivity contribution in [3.8, 4) is 5.75 Å². The molecule has 4 rings (SSSR count). The monoisotopic (exact) mass is 430 g/mol. The van der Waals surface area contributed by atoms with Gasteiger partial charge in [0.1, 0.15) is 22.8 Å². The van der Waals surface area contributed by atoms with Gasteiger partial charge < -0.3 is 37.0 Å². The van der Waals surface area contributed by atoms with E-state index in [0.29, 0.717) is 5.56 Å². The number of carbonyl (C=O) groups is 3. The van der Waals surface area contributed by atoms with Crippen LogP contribution in [0.3, 0.4) is 0 Å². The predicted molar refractivity (Wildman–Crippen MR) is 105 cm³/mol. The Hall–Kier alpha value is -3.21. The molecule has 1 fully saturated rings. The minimum absolute atomic E-state index is 0.0591. The Bertz CT molecular complexity index is 1130. The van der Waals surface area contributed by atoms with Crippen LogP contribution >= 0.6 is 0 Å². The number of carbonyl (C=O) groups excluding carboxylic acids is 3. The summed E-state index contributed by atoms with van der Waals surface area (Å²) >= 11 is 0. The molecule has 5 unspecified atom stereocenters. The van der Waals surface area contributed by atoms with Gasteiger partial charge in [-0.3, -0.25) is 14.4 Å². The number of phenolic OH excluding ortho intramolecular Hbond substituents is 1. The topological polar surface area (TPSA) is 204 Å². The highest BCUT2D eigenvalue weighted by Crippen LogP contribution is 2.56. The van der Waals surface area contributed by atoms with E-state index in [-0.39, 0.29) is 11.3 Å². The second-order valence-electron chi connectivity index (χ2n) is 8.58. The van der Waals surface area contributed by atoms with Gasteiger partial charge >= 0.3 is 0 Å². The van der Waals surface area contributed by atoms with Gasteiger partial charge in [0.15, 0.2) is 5.60 Å². The summed E-state index contributed by atoms with van der Waals surface area (Å²) in [6.45, 7) is 2.80. The SMILES string of the molecule is CC1c2cccc(O)c2C(O)=C2C(=O)C3(O)C(=O)C(C(N)=O)=C(O)[C@@](C)(N)C3C(O)C21. The van der Waals surface area contributed by atoms with Crippen molar-refractivity contribution in [3.05, 3.63) is 46.2 Å². The fourth-order valence-corrected chi connectivity index (χ4v) is 5.43. The van der Waals surface area contributed by atoms with Crippen molar-refractivity contribution in [1.29, 1.82) is 0 Å². The first-order valence-electron chi connectivity index (χ1n) is 9.57. The lowest BCUT2D eigenvalue weighted by molar-refractivity contribution is -0.175. The zero-order chi connectivity index (χ0) is 23.2. The van der Waals surface area contributed by atoms with Crippen LogP contribution in [0.1, 0.15) is 30.9 Å². The minimum Gasteiger partial charge on any atom is -0.509 e. The molecule has 3 aliphatic rings. The van der Waals surface area contributed by atoms with Gasteiger partial charge in [0.05, 0.1) is 23.1 Å². The van der Waals surface area contributed by atoms with Crippen molar-refractivity contribution >= 4 is 23.2 Å². The highest BCUT2D eigenvalue weighted by Gasteiger charge is 2.71. The molecule has 1 aromatic rings. The molecular weight excluding hydrogens is 408 g/mol. The van der Waals surface area contributed by atoms with Crippen molar-refractivity contribution in [1.82, 2.24) is 0 Å². The second kappa shape index (κ2) is 6.16. The number of ketones is 2. The fourth-order valence-electron chi connectivity index (χ4n) is 5.43. The Balaban J connectivity index is 2.06. The molecule has 0 aromatic heterocycles. The number of aromatic hydroxyl groups is 1. The van der Waals surface area contributed by atoms with Gasteiger partial charge in [-0.15, -0.1) is 0 Å². The molecule has 0 heterocycles. The van der Waals surface area contributed by atoms with Crippen molar-refractivity contribution in [2.75, 3.05) is 0 Å². The molecular formula is C21H22N2O8. The summed E-state index contributed by atoms with van der Waals surface area (Å²) in [7, 11) is 0. The van der Waals surface area contributed by atoms with Crippen LogP contribution in [-0.4, -0.2) is 60.3 Å². The molecule has 6 atom stereocenters. The Morgan fingerprint density at radius 2 is 1.74 bits per heavy atom. The average molecular weight is 430 g/mol. The Morgan fingerprint density at radius 3 is 2.32 bits per heavy atom. The summed E-state index contributed by atoms with van der Waals surface area (Å²) in [5, 5.41) is 54.2. The lowest BCUT2D eigenvalue weighted by Gasteiger charge is -2.55. The van der Waals surface area contributed by atoms with Crippen LogP contribution < -0.4 is 11.5 Å². The molecule has 3 aliphatic carbocycles. The van der Waals surface area contributed by atoms with Gasteiger partial charge in [-0.2, -0.15) is 0 Å². The third-order valence-electron chi connectivity index (χ3n) is 6.89. The highest BCUT2D eigenvalue weighted by atomic mass is 16.3. The summed E-state index contributed by atoms with van der Waals surface area (Å²) in [5.74, 6) is -9.68. The first-order valence-corrected chi connectivity index (χ1v) is 9.57. The van der Waals surface area contributed by atoms with Crippen LogP contribution in [0.5, 0.6) is 5.75 Å². The summed E-state index contributed by atoms with van der Waals surface area (Å²) in [6, 6.07) is 4.42. The molecule has 164 valence electrons. The van der Waals surface area contributed by atoms with E-state index in [1.807, 2.05) is 0 Å². The van der Waals surface area contributed by atoms with E-state index in [4.69, 9.17) is 11.5 Å². The summed E-state index contributed by atoms with van der Waals surface area (Å²) in [4.78, 5) is 38.4. The van der Waals surface area contributed by atoms with E-state index in [2.05, 4.69) is 0 Å². The number of primary amides is 1. The molecule has 0 aliphatic heterocycles. The second-order valence-corrected chi connectivity index (χ2v) is 8.58. The number of aliphatic hydroxyl groups is 4. The largest absolute Gasteiger partial charge is 0.509 e. The van der Waals surface area contributed by atoms with Gasteiger partial charge in [0.25, 0.3) is 5.91 Å². The molecule has 9 N–H and O–H groups in total. The number of hydrogen-bond donors (Lipinski definition) is 7. The smallest absolute Gasteiger partial charge is 0.255 e. The standard InChI is InChI=1S/C21H22N2O8/c1-6-7-4-3-5-8(24)10(7)13(25)11-9(6)14(26)15-20(2,23)16(27)12(19(22)30)18(29)21(15,31)17(11)28/h3-6,9,14-15,24-27,31H,23H2,1-2H3,(H2,22,30)/t6?,9?,14?,15?,20-,21?/m0/s1. The number of phenols is 1. The van der Waals surface area contributed by atoms with E-state index in [9.17, 15) is 39.9 Å². The van der Waals surface area contributed by atoms with Crippen molar-refractivity contribution in [2.45, 2.75) is 37.0 Å². The molecule has 31 heavy (non-hydrogen) atoms. The van der Waals surface area contributed by atoms with Crippen LogP contribution in [0.2, 0.25) is 0 Å². The maximum Gasteiger partial charge on any atom is 0.255 e. The van der Waals surface area contributed by atoms with Crippen LogP contribution in [0.15, 0.2) is 35.1 Å². The number of Topliss-reactive ketones (excluding diaryl/α,β-unsaturated/α-hetero) is 2. The van der Waals surface area contributed by atoms with Crippen LogP contribution in [0, 0.1) is 11.8 Å². The molecule has 10 heteroatoms. The molecule has 1 saturated carbocycles. The van der Waals surface area contributed by atoms with E-state index < -0.39 is 75.1 Å². The van der Waals surface area contributed by atoms with Gasteiger partial charge in [-0.25, -0.2) is 0 Å². The molecule has 0 spiro atoms. The number of fused-ring (bicyclic) bond motifs is 3. The number of amides is 1. The normalized spacial score (nSPS) is 37.3. The van der Waals surface area contributed by atoms with Crippen LogP contribution in [0.4, 0.5) is 0 Å². The van der Waals surface area contributed by atoms with Crippen molar-refractivity contribution < 1.29 is 39.9 Å². The fraction of sp³-hybridized carbons (Fsp3) is 0.381. The zero-order valence-corrected chi connectivity index (χ0v) is 16.7. The van der Waals surface area contributed by atoms with E-state index in [0.717, 1.165) is 6.92 Å². The quantitative estimate of drug-likeness (QED) is 0.221. The lowest BCUT2D eigenvalue weighted by Crippen LogP contribution is -2.75. The van der Waals surface area contributed by atoms with Gasteiger partial charge in [-0.1, -0.05) is 19.1 Å². The summed E-state index contributed by atoms with van der Waals surface area (Å²) < 4.78 is 0. The molecule has 0 saturated heterocycles. The number of nitrogens with two attached hydrogens (primary N) is 2. The van der Waals surface area contributed by atoms with Crippen LogP contribution in [0.25, 0.3) is 5.76 Å². The first kappa shape index (κ1) is 21.0. The van der Waals surface area contributed by atoms with Gasteiger partial charge in [-0.05, 0) is 24.5 Å². The van der Waals surface area contributed by atoms with Crippen molar-refractivity contribution in [2.24, 2.45) is 23.3 Å². The molecule has 0 radical (unpaired) electrons. The van der Waals surface area contributed by atoms with E-state index in [1.54, 1.807) is 13.0 Å². The Labute approximate surface area is 176 Å². The molecule has 0 bridgehead atoms. The number of benzene rings is 1.